The molecule has 8 heteroatoms. The highest BCUT2D eigenvalue weighted by Gasteiger charge is 2.50. The molecule has 2 aromatic rings. The van der Waals surface area contributed by atoms with Gasteiger partial charge < -0.3 is 29.4 Å². The van der Waals surface area contributed by atoms with Gasteiger partial charge in [-0.1, -0.05) is 30.3 Å². The Labute approximate surface area is 180 Å². The summed E-state index contributed by atoms with van der Waals surface area (Å²) in [7, 11) is 0. The molecule has 0 bridgehead atoms. The van der Waals surface area contributed by atoms with E-state index in [0.29, 0.717) is 11.3 Å². The Kier molecular flexibility index (Phi) is 6.33. The SMILES string of the molecule is CC(=O)N[C@H]1[C@H](Oc2ccc(C(C)=O)cc2)O[C@@H]2COC(c3ccccc3)O[C@H]2[C@@H]1O. The summed E-state index contributed by atoms with van der Waals surface area (Å²) in [4.78, 5) is 23.3. The van der Waals surface area contributed by atoms with Gasteiger partial charge in [-0.3, -0.25) is 9.59 Å². The van der Waals surface area contributed by atoms with E-state index in [1.54, 1.807) is 24.3 Å². The van der Waals surface area contributed by atoms with E-state index in [1.165, 1.54) is 13.8 Å². The minimum absolute atomic E-state index is 0.0562. The van der Waals surface area contributed by atoms with Crippen molar-refractivity contribution in [3.05, 3.63) is 65.7 Å². The van der Waals surface area contributed by atoms with Crippen LogP contribution in [0.3, 0.4) is 0 Å². The molecule has 8 nitrogen and oxygen atoms in total. The summed E-state index contributed by atoms with van der Waals surface area (Å²) in [6.45, 7) is 3.03. The van der Waals surface area contributed by atoms with Crippen LogP contribution < -0.4 is 10.1 Å². The van der Waals surface area contributed by atoms with E-state index in [1.807, 2.05) is 30.3 Å². The Morgan fingerprint density at radius 3 is 2.39 bits per heavy atom. The lowest BCUT2D eigenvalue weighted by Gasteiger charge is -2.47. The predicted octanol–water partition coefficient (Wildman–Crippen LogP) is 1.97. The lowest BCUT2D eigenvalue weighted by molar-refractivity contribution is -0.333. The molecule has 0 saturated carbocycles. The van der Waals surface area contributed by atoms with Crippen molar-refractivity contribution in [2.75, 3.05) is 6.61 Å². The average Bonchev–Trinajstić information content (AvgIpc) is 2.77. The van der Waals surface area contributed by atoms with Gasteiger partial charge in [-0.2, -0.15) is 0 Å². The van der Waals surface area contributed by atoms with Crippen molar-refractivity contribution >= 4 is 11.7 Å². The van der Waals surface area contributed by atoms with Crippen LogP contribution >= 0.6 is 0 Å². The molecule has 1 amide bonds. The van der Waals surface area contributed by atoms with Gasteiger partial charge in [0.1, 0.15) is 30.1 Å². The highest BCUT2D eigenvalue weighted by molar-refractivity contribution is 5.94. The second-order valence-corrected chi connectivity index (χ2v) is 7.63. The van der Waals surface area contributed by atoms with E-state index < -0.39 is 36.9 Å². The van der Waals surface area contributed by atoms with E-state index in [9.17, 15) is 14.7 Å². The third kappa shape index (κ3) is 4.77. The topological polar surface area (TPSA) is 103 Å². The van der Waals surface area contributed by atoms with Gasteiger partial charge in [-0.25, -0.2) is 0 Å². The number of aliphatic hydroxyl groups excluding tert-OH is 1. The number of hydrogen-bond acceptors (Lipinski definition) is 7. The van der Waals surface area contributed by atoms with Gasteiger partial charge in [-0.05, 0) is 31.2 Å². The van der Waals surface area contributed by atoms with Gasteiger partial charge in [0, 0.05) is 18.1 Å². The molecule has 0 aromatic heterocycles. The summed E-state index contributed by atoms with van der Waals surface area (Å²) in [6, 6.07) is 15.1. The summed E-state index contributed by atoms with van der Waals surface area (Å²) in [6.07, 6.45) is -3.99. The van der Waals surface area contributed by atoms with Crippen LogP contribution in [-0.2, 0) is 19.0 Å². The second-order valence-electron chi connectivity index (χ2n) is 7.63. The molecule has 6 atom stereocenters. The zero-order chi connectivity index (χ0) is 22.0. The van der Waals surface area contributed by atoms with Crippen molar-refractivity contribution in [1.29, 1.82) is 0 Å². The molecule has 2 saturated heterocycles. The monoisotopic (exact) mass is 427 g/mol. The number of Topliss-reactive ketones (excluding diaryl/α,β-unsaturated/α-hetero) is 1. The first kappa shape index (κ1) is 21.5. The zero-order valence-corrected chi connectivity index (χ0v) is 17.3. The Balaban J connectivity index is 1.52. The van der Waals surface area contributed by atoms with Gasteiger partial charge in [0.05, 0.1) is 6.61 Å². The number of ketones is 1. The van der Waals surface area contributed by atoms with Gasteiger partial charge in [-0.15, -0.1) is 0 Å². The average molecular weight is 427 g/mol. The van der Waals surface area contributed by atoms with Crippen LogP contribution in [0.25, 0.3) is 0 Å². The lowest BCUT2D eigenvalue weighted by atomic mass is 9.95. The van der Waals surface area contributed by atoms with Crippen LogP contribution in [0.4, 0.5) is 0 Å². The molecule has 2 aromatic carbocycles. The van der Waals surface area contributed by atoms with Crippen LogP contribution in [0.2, 0.25) is 0 Å². The smallest absolute Gasteiger partial charge is 0.223 e. The Morgan fingerprint density at radius 2 is 1.74 bits per heavy atom. The molecule has 2 N–H and O–H groups in total. The number of ether oxygens (including phenoxy) is 4. The summed E-state index contributed by atoms with van der Waals surface area (Å²) in [5.41, 5.74) is 1.38. The van der Waals surface area contributed by atoms with Crippen LogP contribution in [0.5, 0.6) is 5.75 Å². The Bertz CT molecular complexity index is 917. The van der Waals surface area contributed by atoms with Crippen molar-refractivity contribution in [1.82, 2.24) is 5.32 Å². The van der Waals surface area contributed by atoms with Gasteiger partial charge in [0.25, 0.3) is 0 Å². The van der Waals surface area contributed by atoms with Crippen molar-refractivity contribution in [3.8, 4) is 5.75 Å². The molecule has 1 unspecified atom stereocenters. The molecular formula is C23H25NO7. The lowest BCUT2D eigenvalue weighted by Crippen LogP contribution is -2.67. The number of benzene rings is 2. The van der Waals surface area contributed by atoms with E-state index in [0.717, 1.165) is 5.56 Å². The van der Waals surface area contributed by atoms with Crippen molar-refractivity contribution < 1.29 is 33.6 Å². The quantitative estimate of drug-likeness (QED) is 0.703. The van der Waals surface area contributed by atoms with Crippen LogP contribution in [-0.4, -0.2) is 54.0 Å². The summed E-state index contributed by atoms with van der Waals surface area (Å²) in [5.74, 6) is 0.0495. The number of fused-ring (bicyclic) bond motifs is 1. The predicted molar refractivity (Wildman–Crippen MR) is 109 cm³/mol. The zero-order valence-electron chi connectivity index (χ0n) is 17.3. The van der Waals surface area contributed by atoms with Crippen molar-refractivity contribution in [2.24, 2.45) is 0 Å². The number of hydrogen-bond donors (Lipinski definition) is 2. The number of amides is 1. The van der Waals surface area contributed by atoms with E-state index in [2.05, 4.69) is 5.32 Å². The fraction of sp³-hybridized carbons (Fsp3) is 0.391. The molecule has 0 radical (unpaired) electrons. The molecule has 2 aliphatic heterocycles. The highest BCUT2D eigenvalue weighted by Crippen LogP contribution is 2.34. The van der Waals surface area contributed by atoms with Crippen LogP contribution in [0.15, 0.2) is 54.6 Å². The normalized spacial score (nSPS) is 30.2. The molecule has 0 spiro atoms. The largest absolute Gasteiger partial charge is 0.463 e. The molecule has 2 heterocycles. The first-order chi connectivity index (χ1) is 14.9. The number of carbonyl (C=O) groups excluding carboxylic acids is 2. The van der Waals surface area contributed by atoms with Gasteiger partial charge in [0.15, 0.2) is 12.1 Å². The maximum atomic E-state index is 11.8. The summed E-state index contributed by atoms with van der Waals surface area (Å²) in [5, 5.41) is 13.7. The first-order valence-corrected chi connectivity index (χ1v) is 10.1. The van der Waals surface area contributed by atoms with Crippen LogP contribution in [0, 0.1) is 0 Å². The Hall–Kier alpha value is -2.78. The molecule has 164 valence electrons. The van der Waals surface area contributed by atoms with Gasteiger partial charge in [0.2, 0.25) is 12.2 Å². The van der Waals surface area contributed by atoms with Gasteiger partial charge >= 0.3 is 0 Å². The fourth-order valence-electron chi connectivity index (χ4n) is 3.76. The second kappa shape index (κ2) is 9.15. The highest BCUT2D eigenvalue weighted by atomic mass is 16.7. The minimum atomic E-state index is -1.08. The van der Waals surface area contributed by atoms with E-state index in [-0.39, 0.29) is 18.3 Å². The van der Waals surface area contributed by atoms with E-state index in [4.69, 9.17) is 18.9 Å². The fourth-order valence-corrected chi connectivity index (χ4v) is 3.76. The van der Waals surface area contributed by atoms with Crippen molar-refractivity contribution in [2.45, 2.75) is 50.8 Å². The standard InChI is InChI=1S/C23H25NO7/c1-13(25)15-8-10-17(11-9-15)29-23-19(24-14(2)26)20(27)21-18(30-23)12-28-22(31-21)16-6-4-3-5-7-16/h3-11,18-23,27H,12H2,1-2H3,(H,24,26)/t18-,19-,20-,21-,22?,23-/m1/s1. The molecular weight excluding hydrogens is 402 g/mol. The first-order valence-electron chi connectivity index (χ1n) is 10.1. The molecule has 0 aliphatic carbocycles. The molecule has 4 rings (SSSR count). The van der Waals surface area contributed by atoms with Crippen LogP contribution in [0.1, 0.15) is 36.1 Å². The number of aliphatic hydroxyl groups is 1. The van der Waals surface area contributed by atoms with E-state index >= 15 is 0 Å². The summed E-state index contributed by atoms with van der Waals surface area (Å²) >= 11 is 0. The third-order valence-electron chi connectivity index (χ3n) is 5.32. The maximum Gasteiger partial charge on any atom is 0.223 e. The number of carbonyl (C=O) groups is 2. The molecule has 2 fully saturated rings. The number of rotatable bonds is 5. The Morgan fingerprint density at radius 1 is 1.03 bits per heavy atom. The van der Waals surface area contributed by atoms with Crippen molar-refractivity contribution in [3.63, 3.8) is 0 Å². The molecule has 31 heavy (non-hydrogen) atoms. The maximum absolute atomic E-state index is 11.8. The molecule has 2 aliphatic rings. The summed E-state index contributed by atoms with van der Waals surface area (Å²) < 4.78 is 23.7. The number of nitrogens with one attached hydrogen (secondary N) is 1. The minimum Gasteiger partial charge on any atom is -0.463 e. The third-order valence-corrected chi connectivity index (χ3v) is 5.32.